The number of nitrogens with zero attached hydrogens (tertiary/aromatic N) is 3. The van der Waals surface area contributed by atoms with Gasteiger partial charge in [-0.05, 0) is 24.6 Å². The number of ether oxygens (including phenoxy) is 1. The topological polar surface area (TPSA) is 57.0 Å². The summed E-state index contributed by atoms with van der Waals surface area (Å²) in [6, 6.07) is 7.05. The number of rotatable bonds is 4. The highest BCUT2D eigenvalue weighted by molar-refractivity contribution is 6.30. The summed E-state index contributed by atoms with van der Waals surface area (Å²) < 4.78 is 6.68. The third-order valence-corrected chi connectivity index (χ3v) is 2.98. The van der Waals surface area contributed by atoms with Gasteiger partial charge in [-0.2, -0.15) is 5.10 Å². The minimum absolute atomic E-state index is 0.320. The second kappa shape index (κ2) is 5.84. The molecule has 6 heteroatoms. The van der Waals surface area contributed by atoms with Crippen molar-refractivity contribution in [1.29, 1.82) is 0 Å². The largest absolute Gasteiger partial charge is 0.465 e. The summed E-state index contributed by atoms with van der Waals surface area (Å²) in [6.07, 6.45) is 1.41. The van der Waals surface area contributed by atoms with Crippen molar-refractivity contribution in [3.63, 3.8) is 0 Å². The molecule has 2 aromatic rings. The van der Waals surface area contributed by atoms with Gasteiger partial charge in [-0.3, -0.25) is 9.48 Å². The number of hydrogen-bond acceptors (Lipinski definition) is 4. The first kappa shape index (κ1) is 13.5. The van der Waals surface area contributed by atoms with E-state index in [0.29, 0.717) is 17.5 Å². The van der Waals surface area contributed by atoms with Crippen LogP contribution in [-0.2, 0) is 16.6 Å². The average Bonchev–Trinajstić information content (AvgIpc) is 2.79. The maximum atomic E-state index is 12.1. The Morgan fingerprint density at radius 1 is 1.42 bits per heavy atom. The van der Waals surface area contributed by atoms with E-state index in [9.17, 15) is 4.79 Å². The lowest BCUT2D eigenvalue weighted by molar-refractivity contribution is -0.144. The summed E-state index contributed by atoms with van der Waals surface area (Å²) >= 11 is 5.86. The van der Waals surface area contributed by atoms with Crippen molar-refractivity contribution >= 4 is 17.6 Å². The molecule has 2 rings (SSSR count). The second-order valence-corrected chi connectivity index (χ2v) is 4.41. The van der Waals surface area contributed by atoms with E-state index < -0.39 is 5.92 Å². The molecule has 1 unspecified atom stereocenters. The highest BCUT2D eigenvalue weighted by Crippen LogP contribution is 2.25. The highest BCUT2D eigenvalue weighted by atomic mass is 35.5. The molecule has 0 radical (unpaired) electrons. The van der Waals surface area contributed by atoms with Gasteiger partial charge in [0.1, 0.15) is 18.1 Å². The molecule has 0 saturated carbocycles. The van der Waals surface area contributed by atoms with Gasteiger partial charge in [-0.25, -0.2) is 4.98 Å². The van der Waals surface area contributed by atoms with E-state index in [4.69, 9.17) is 16.3 Å². The Hall–Kier alpha value is -1.88. The lowest BCUT2D eigenvalue weighted by Gasteiger charge is -2.15. The van der Waals surface area contributed by atoms with Crippen LogP contribution in [0.5, 0.6) is 0 Å². The summed E-state index contributed by atoms with van der Waals surface area (Å²) in [6.45, 7) is 2.09. The third-order valence-electron chi connectivity index (χ3n) is 2.73. The molecule has 0 aliphatic heterocycles. The van der Waals surface area contributed by atoms with E-state index in [0.717, 1.165) is 5.56 Å². The minimum Gasteiger partial charge on any atom is -0.465 e. The van der Waals surface area contributed by atoms with Gasteiger partial charge in [0.25, 0.3) is 0 Å². The van der Waals surface area contributed by atoms with Crippen molar-refractivity contribution in [2.45, 2.75) is 12.8 Å². The lowest BCUT2D eigenvalue weighted by atomic mass is 9.98. The van der Waals surface area contributed by atoms with Crippen LogP contribution < -0.4 is 0 Å². The van der Waals surface area contributed by atoms with Crippen molar-refractivity contribution in [2.24, 2.45) is 7.05 Å². The van der Waals surface area contributed by atoms with E-state index in [1.165, 1.54) is 6.33 Å². The third kappa shape index (κ3) is 2.93. The number of aryl methyl sites for hydroxylation is 1. The molecule has 1 aromatic carbocycles. The predicted molar refractivity (Wildman–Crippen MR) is 70.9 cm³/mol. The molecule has 0 bridgehead atoms. The Kier molecular flexibility index (Phi) is 4.16. The average molecular weight is 280 g/mol. The van der Waals surface area contributed by atoms with Crippen molar-refractivity contribution in [3.05, 3.63) is 47.0 Å². The molecular weight excluding hydrogens is 266 g/mol. The zero-order valence-corrected chi connectivity index (χ0v) is 11.5. The van der Waals surface area contributed by atoms with Crippen LogP contribution >= 0.6 is 11.6 Å². The van der Waals surface area contributed by atoms with Crippen molar-refractivity contribution in [1.82, 2.24) is 14.8 Å². The molecular formula is C13H14ClN3O2. The van der Waals surface area contributed by atoms with Crippen LogP contribution in [0.3, 0.4) is 0 Å². The number of halogens is 1. The first-order chi connectivity index (χ1) is 9.13. The number of esters is 1. The van der Waals surface area contributed by atoms with Crippen LogP contribution in [0.2, 0.25) is 5.02 Å². The summed E-state index contributed by atoms with van der Waals surface area (Å²) in [5.41, 5.74) is 0.777. The van der Waals surface area contributed by atoms with Gasteiger partial charge in [0.2, 0.25) is 0 Å². The van der Waals surface area contributed by atoms with Gasteiger partial charge in [0.05, 0.1) is 6.61 Å². The molecule has 1 heterocycles. The molecule has 0 amide bonds. The van der Waals surface area contributed by atoms with E-state index in [2.05, 4.69) is 10.1 Å². The second-order valence-electron chi connectivity index (χ2n) is 3.98. The van der Waals surface area contributed by atoms with E-state index in [1.54, 1.807) is 42.9 Å². The fourth-order valence-electron chi connectivity index (χ4n) is 1.84. The van der Waals surface area contributed by atoms with Crippen molar-refractivity contribution in [2.75, 3.05) is 6.61 Å². The van der Waals surface area contributed by atoms with E-state index in [1.807, 2.05) is 0 Å². The quantitative estimate of drug-likeness (QED) is 0.805. The summed E-state index contributed by atoms with van der Waals surface area (Å²) in [7, 11) is 1.74. The highest BCUT2D eigenvalue weighted by Gasteiger charge is 2.28. The number of aromatic nitrogens is 3. The SMILES string of the molecule is CCOC(=O)C(c1ccc(Cl)cc1)c1ncnn1C. The Bertz CT molecular complexity index is 566. The number of benzene rings is 1. The molecule has 0 fully saturated rings. The predicted octanol–water partition coefficient (Wildman–Crippen LogP) is 2.16. The molecule has 100 valence electrons. The van der Waals surface area contributed by atoms with Gasteiger partial charge in [0.15, 0.2) is 0 Å². The van der Waals surface area contributed by atoms with E-state index in [-0.39, 0.29) is 5.97 Å². The van der Waals surface area contributed by atoms with Crippen molar-refractivity contribution < 1.29 is 9.53 Å². The first-order valence-electron chi connectivity index (χ1n) is 5.89. The number of carbonyl (C=O) groups is 1. The van der Waals surface area contributed by atoms with Crippen LogP contribution in [0.1, 0.15) is 24.2 Å². The minimum atomic E-state index is -0.593. The Morgan fingerprint density at radius 3 is 2.63 bits per heavy atom. The molecule has 19 heavy (non-hydrogen) atoms. The van der Waals surface area contributed by atoms with Gasteiger partial charge in [-0.1, -0.05) is 23.7 Å². The fraction of sp³-hybridized carbons (Fsp3) is 0.308. The van der Waals surface area contributed by atoms with Crippen LogP contribution in [0.4, 0.5) is 0 Å². The monoisotopic (exact) mass is 279 g/mol. The molecule has 0 N–H and O–H groups in total. The summed E-state index contributed by atoms with van der Waals surface area (Å²) in [5, 5.41) is 4.61. The number of carbonyl (C=O) groups excluding carboxylic acids is 1. The molecule has 5 nitrogen and oxygen atoms in total. The molecule has 1 atom stereocenters. The molecule has 0 saturated heterocycles. The van der Waals surface area contributed by atoms with Crippen LogP contribution in [0.15, 0.2) is 30.6 Å². The Morgan fingerprint density at radius 2 is 2.11 bits per heavy atom. The molecule has 0 aliphatic carbocycles. The zero-order chi connectivity index (χ0) is 13.8. The summed E-state index contributed by atoms with van der Waals surface area (Å²) in [4.78, 5) is 16.3. The van der Waals surface area contributed by atoms with Crippen LogP contribution in [-0.4, -0.2) is 27.3 Å². The van der Waals surface area contributed by atoms with Gasteiger partial charge in [0, 0.05) is 12.1 Å². The number of hydrogen-bond donors (Lipinski definition) is 0. The smallest absolute Gasteiger partial charge is 0.321 e. The van der Waals surface area contributed by atoms with E-state index >= 15 is 0 Å². The molecule has 0 spiro atoms. The fourth-order valence-corrected chi connectivity index (χ4v) is 1.96. The van der Waals surface area contributed by atoms with Gasteiger partial charge < -0.3 is 4.74 Å². The maximum Gasteiger partial charge on any atom is 0.321 e. The van der Waals surface area contributed by atoms with Gasteiger partial charge >= 0.3 is 5.97 Å². The van der Waals surface area contributed by atoms with Crippen LogP contribution in [0, 0.1) is 0 Å². The normalized spacial score (nSPS) is 12.2. The van der Waals surface area contributed by atoms with Gasteiger partial charge in [-0.15, -0.1) is 0 Å². The Balaban J connectivity index is 2.43. The zero-order valence-electron chi connectivity index (χ0n) is 10.7. The molecule has 0 aliphatic rings. The van der Waals surface area contributed by atoms with Crippen molar-refractivity contribution in [3.8, 4) is 0 Å². The molecule has 1 aromatic heterocycles. The lowest BCUT2D eigenvalue weighted by Crippen LogP contribution is -2.20. The maximum absolute atomic E-state index is 12.1. The van der Waals surface area contributed by atoms with Crippen LogP contribution in [0.25, 0.3) is 0 Å². The summed E-state index contributed by atoms with van der Waals surface area (Å²) in [5.74, 6) is -0.397. The standard InChI is InChI=1S/C13H14ClN3O2/c1-3-19-13(18)11(12-15-8-16-17(12)2)9-4-6-10(14)7-5-9/h4-8,11H,3H2,1-2H3. The first-order valence-corrected chi connectivity index (χ1v) is 6.27. The Labute approximate surface area is 116 Å².